The summed E-state index contributed by atoms with van der Waals surface area (Å²) in [6, 6.07) is 1.37. The van der Waals surface area contributed by atoms with Crippen molar-refractivity contribution in [2.45, 2.75) is 32.4 Å². The molecule has 1 atom stereocenters. The zero-order chi connectivity index (χ0) is 16.7. The normalized spacial score (nSPS) is 17.7. The second kappa shape index (κ2) is 5.55. The zero-order valence-electron chi connectivity index (χ0n) is 13.0. The van der Waals surface area contributed by atoms with Crippen LogP contribution in [0.3, 0.4) is 0 Å². The van der Waals surface area contributed by atoms with Gasteiger partial charge in [0.25, 0.3) is 5.56 Å². The quantitative estimate of drug-likeness (QED) is 0.662. The van der Waals surface area contributed by atoms with Crippen LogP contribution in [0.15, 0.2) is 27.9 Å². The van der Waals surface area contributed by atoms with Crippen LogP contribution in [0.5, 0.6) is 0 Å². The van der Waals surface area contributed by atoms with E-state index in [4.69, 9.17) is 4.52 Å². The Hall–Kier alpha value is -3.04. The monoisotopic (exact) mass is 329 g/mol. The first-order valence-electron chi connectivity index (χ1n) is 7.62. The molecule has 4 heterocycles. The summed E-state index contributed by atoms with van der Waals surface area (Å²) in [6.45, 7) is 2.18. The van der Waals surface area contributed by atoms with Gasteiger partial charge >= 0.3 is 0 Å². The summed E-state index contributed by atoms with van der Waals surface area (Å²) in [4.78, 5) is 30.9. The number of hydrogen-bond acceptors (Lipinski definition) is 7. The molecule has 0 spiro atoms. The average molecular weight is 329 g/mol. The summed E-state index contributed by atoms with van der Waals surface area (Å²) in [6.07, 6.45) is 4.55. The summed E-state index contributed by atoms with van der Waals surface area (Å²) >= 11 is 0. The third-order valence-electron chi connectivity index (χ3n) is 4.12. The van der Waals surface area contributed by atoms with E-state index in [-0.39, 0.29) is 24.1 Å². The number of nitrogens with zero attached hydrogens (tertiary/aromatic N) is 7. The van der Waals surface area contributed by atoms with E-state index >= 15 is 0 Å². The second-order valence-electron chi connectivity index (χ2n) is 5.67. The molecule has 1 amide bonds. The number of rotatable bonds is 3. The zero-order valence-corrected chi connectivity index (χ0v) is 13.0. The third kappa shape index (κ3) is 2.36. The number of amides is 1. The molecule has 0 unspecified atom stereocenters. The highest BCUT2D eigenvalue weighted by atomic mass is 16.5. The minimum atomic E-state index is -0.352. The number of fused-ring (bicyclic) bond motifs is 1. The topological polar surface area (TPSA) is 111 Å². The van der Waals surface area contributed by atoms with Gasteiger partial charge in [0.15, 0.2) is 5.82 Å². The van der Waals surface area contributed by atoms with Gasteiger partial charge in [-0.1, -0.05) is 5.16 Å². The number of hydrogen-bond donors (Lipinski definition) is 0. The molecule has 10 nitrogen and oxygen atoms in total. The minimum absolute atomic E-state index is 0.131. The van der Waals surface area contributed by atoms with Gasteiger partial charge in [0, 0.05) is 13.5 Å². The standard InChI is InChI=1S/C14H15N7O3/c1-9-17-13(18-24-9)10-3-2-6-19(10)12(22)7-20-14(23)11-4-5-15-21(11)8-16-20/h4-5,8,10H,2-3,6-7H2,1H3/t10-/m0/s1. The molecule has 10 heteroatoms. The van der Waals surface area contributed by atoms with Gasteiger partial charge in [0.05, 0.1) is 12.2 Å². The molecule has 3 aromatic heterocycles. The van der Waals surface area contributed by atoms with Crippen LogP contribution in [0.2, 0.25) is 0 Å². The molecule has 0 saturated carbocycles. The Bertz CT molecular complexity index is 957. The van der Waals surface area contributed by atoms with Gasteiger partial charge in [-0.25, -0.2) is 9.20 Å². The molecule has 1 aliphatic rings. The summed E-state index contributed by atoms with van der Waals surface area (Å²) in [5, 5.41) is 11.9. The number of carbonyl (C=O) groups excluding carboxylic acids is 1. The molecule has 1 aliphatic heterocycles. The van der Waals surface area contributed by atoms with Crippen LogP contribution in [0.25, 0.3) is 5.52 Å². The fraction of sp³-hybridized carbons (Fsp3) is 0.429. The summed E-state index contributed by atoms with van der Waals surface area (Å²) in [7, 11) is 0. The number of likely N-dealkylation sites (tertiary alicyclic amines) is 1. The van der Waals surface area contributed by atoms with Gasteiger partial charge in [0.1, 0.15) is 18.4 Å². The highest BCUT2D eigenvalue weighted by Crippen LogP contribution is 2.30. The highest BCUT2D eigenvalue weighted by Gasteiger charge is 2.33. The largest absolute Gasteiger partial charge is 0.340 e. The van der Waals surface area contributed by atoms with E-state index in [1.54, 1.807) is 17.9 Å². The molecule has 124 valence electrons. The molecule has 0 bridgehead atoms. The highest BCUT2D eigenvalue weighted by molar-refractivity contribution is 5.76. The van der Waals surface area contributed by atoms with E-state index in [9.17, 15) is 9.59 Å². The Morgan fingerprint density at radius 1 is 1.42 bits per heavy atom. The van der Waals surface area contributed by atoms with E-state index in [2.05, 4.69) is 20.3 Å². The van der Waals surface area contributed by atoms with Gasteiger partial charge < -0.3 is 9.42 Å². The van der Waals surface area contributed by atoms with Crippen molar-refractivity contribution in [2.75, 3.05) is 6.54 Å². The molecule has 0 aromatic carbocycles. The van der Waals surface area contributed by atoms with E-state index < -0.39 is 0 Å². The molecule has 1 fully saturated rings. The molecule has 1 saturated heterocycles. The lowest BCUT2D eigenvalue weighted by Crippen LogP contribution is -2.37. The van der Waals surface area contributed by atoms with Crippen molar-refractivity contribution in [3.63, 3.8) is 0 Å². The Morgan fingerprint density at radius 2 is 2.29 bits per heavy atom. The molecule has 0 aliphatic carbocycles. The smallest absolute Gasteiger partial charge is 0.293 e. The van der Waals surface area contributed by atoms with Crippen LogP contribution in [0, 0.1) is 6.92 Å². The Morgan fingerprint density at radius 3 is 3.08 bits per heavy atom. The van der Waals surface area contributed by atoms with Crippen molar-refractivity contribution in [1.82, 2.24) is 34.4 Å². The van der Waals surface area contributed by atoms with Crippen molar-refractivity contribution in [1.29, 1.82) is 0 Å². The van der Waals surface area contributed by atoms with Crippen molar-refractivity contribution >= 4 is 11.4 Å². The molecule has 0 N–H and O–H groups in total. The van der Waals surface area contributed by atoms with E-state index in [0.29, 0.717) is 23.8 Å². The fourth-order valence-electron chi connectivity index (χ4n) is 2.99. The van der Waals surface area contributed by atoms with Crippen LogP contribution >= 0.6 is 0 Å². The minimum Gasteiger partial charge on any atom is -0.340 e. The summed E-state index contributed by atoms with van der Waals surface area (Å²) in [5.74, 6) is 0.775. The van der Waals surface area contributed by atoms with Crippen molar-refractivity contribution in [3.05, 3.63) is 40.7 Å². The van der Waals surface area contributed by atoms with Crippen molar-refractivity contribution in [3.8, 4) is 0 Å². The first kappa shape index (κ1) is 14.5. The van der Waals surface area contributed by atoms with Crippen LogP contribution in [-0.2, 0) is 11.3 Å². The Balaban J connectivity index is 1.58. The first-order valence-corrected chi connectivity index (χ1v) is 7.62. The van der Waals surface area contributed by atoms with Crippen LogP contribution in [-0.4, -0.2) is 46.9 Å². The maximum Gasteiger partial charge on any atom is 0.293 e. The second-order valence-corrected chi connectivity index (χ2v) is 5.67. The first-order chi connectivity index (χ1) is 11.6. The third-order valence-corrected chi connectivity index (χ3v) is 4.12. The SMILES string of the molecule is Cc1nc([C@@H]2CCCN2C(=O)Cn2ncn3nccc3c2=O)no1. The average Bonchev–Trinajstić information content (AvgIpc) is 3.28. The van der Waals surface area contributed by atoms with Crippen molar-refractivity contribution in [2.24, 2.45) is 0 Å². The van der Waals surface area contributed by atoms with Crippen LogP contribution < -0.4 is 5.56 Å². The molecule has 3 aromatic rings. The molecule has 0 radical (unpaired) electrons. The fourth-order valence-corrected chi connectivity index (χ4v) is 2.99. The predicted octanol–water partition coefficient (Wildman–Crippen LogP) is -0.0539. The molecule has 4 rings (SSSR count). The van der Waals surface area contributed by atoms with Gasteiger partial charge in [-0.3, -0.25) is 9.59 Å². The van der Waals surface area contributed by atoms with Crippen LogP contribution in [0.1, 0.15) is 30.6 Å². The summed E-state index contributed by atoms with van der Waals surface area (Å²) < 4.78 is 7.53. The van der Waals surface area contributed by atoms with E-state index in [1.165, 1.54) is 17.0 Å². The van der Waals surface area contributed by atoms with Gasteiger partial charge in [-0.15, -0.1) is 0 Å². The molecular weight excluding hydrogens is 314 g/mol. The lowest BCUT2D eigenvalue weighted by atomic mass is 10.2. The number of carbonyl (C=O) groups is 1. The van der Waals surface area contributed by atoms with Crippen LogP contribution in [0.4, 0.5) is 0 Å². The lowest BCUT2D eigenvalue weighted by molar-refractivity contribution is -0.133. The van der Waals surface area contributed by atoms with Gasteiger partial charge in [-0.05, 0) is 18.9 Å². The molecular formula is C14H15N7O3. The Labute approximate surface area is 135 Å². The lowest BCUT2D eigenvalue weighted by Gasteiger charge is -2.22. The van der Waals surface area contributed by atoms with E-state index in [0.717, 1.165) is 17.5 Å². The van der Waals surface area contributed by atoms with Gasteiger partial charge in [-0.2, -0.15) is 15.2 Å². The van der Waals surface area contributed by atoms with Gasteiger partial charge in [0.2, 0.25) is 11.8 Å². The number of aryl methyl sites for hydroxylation is 1. The molecule has 24 heavy (non-hydrogen) atoms. The Kier molecular flexibility index (Phi) is 3.36. The maximum atomic E-state index is 12.6. The number of aromatic nitrogens is 6. The summed E-state index contributed by atoms with van der Waals surface area (Å²) in [5.41, 5.74) is 0.0269. The van der Waals surface area contributed by atoms with E-state index in [1.807, 2.05) is 0 Å². The predicted molar refractivity (Wildman–Crippen MR) is 80.0 cm³/mol. The maximum absolute atomic E-state index is 12.6. The van der Waals surface area contributed by atoms with Crippen molar-refractivity contribution < 1.29 is 9.32 Å².